The molecule has 0 fully saturated rings. The summed E-state index contributed by atoms with van der Waals surface area (Å²) in [5.41, 5.74) is 1.17. The van der Waals surface area contributed by atoms with Gasteiger partial charge in [0.15, 0.2) is 17.4 Å². The number of nitrogens with one attached hydrogen (secondary N) is 1. The molecular formula is C20H22ClN5O3. The Morgan fingerprint density at radius 1 is 1.31 bits per heavy atom. The van der Waals surface area contributed by atoms with Crippen LogP contribution in [0.15, 0.2) is 35.3 Å². The van der Waals surface area contributed by atoms with Gasteiger partial charge in [-0.3, -0.25) is 9.59 Å². The third-order valence-corrected chi connectivity index (χ3v) is 4.64. The summed E-state index contributed by atoms with van der Waals surface area (Å²) in [4.78, 5) is 34.4. The molecule has 2 heterocycles. The summed E-state index contributed by atoms with van der Waals surface area (Å²) in [7, 11) is 5.35. The van der Waals surface area contributed by atoms with Gasteiger partial charge < -0.3 is 19.5 Å². The van der Waals surface area contributed by atoms with Gasteiger partial charge in [0.05, 0.1) is 11.7 Å². The van der Waals surface area contributed by atoms with Crippen molar-refractivity contribution >= 4 is 45.7 Å². The standard InChI is InChI=1S/C20H22ClN5O3/c1-5-14(27)11-29-17-9-12-8-13(6-7-16(12)26(4)19(17)28)23-18-15(21)10-22-20(24-18)25(2)3/h6-10H,5,11H2,1-4H3,(H,22,23,24). The van der Waals surface area contributed by atoms with E-state index in [1.165, 1.54) is 10.8 Å². The summed E-state index contributed by atoms with van der Waals surface area (Å²) in [5, 5.41) is 4.34. The van der Waals surface area contributed by atoms with Crippen LogP contribution in [0.2, 0.25) is 5.02 Å². The van der Waals surface area contributed by atoms with Crippen LogP contribution in [0.5, 0.6) is 5.75 Å². The number of hydrogen-bond acceptors (Lipinski definition) is 7. The zero-order chi connectivity index (χ0) is 21.1. The quantitative estimate of drug-likeness (QED) is 0.633. The summed E-state index contributed by atoms with van der Waals surface area (Å²) in [5.74, 6) is 1.06. The third-order valence-electron chi connectivity index (χ3n) is 4.37. The number of hydrogen-bond donors (Lipinski definition) is 1. The van der Waals surface area contributed by atoms with Crippen molar-refractivity contribution in [3.63, 3.8) is 0 Å². The summed E-state index contributed by atoms with van der Waals surface area (Å²) in [6.45, 7) is 1.63. The molecule has 152 valence electrons. The van der Waals surface area contributed by atoms with Crippen LogP contribution < -0.4 is 20.5 Å². The Bertz CT molecular complexity index is 1130. The average molecular weight is 416 g/mol. The van der Waals surface area contributed by atoms with Gasteiger partial charge in [-0.15, -0.1) is 0 Å². The number of aromatic nitrogens is 3. The lowest BCUT2D eigenvalue weighted by molar-refractivity contribution is -0.120. The molecule has 0 saturated heterocycles. The number of nitrogens with zero attached hydrogens (tertiary/aromatic N) is 4. The molecule has 0 bridgehead atoms. The molecule has 0 unspecified atom stereocenters. The van der Waals surface area contributed by atoms with Gasteiger partial charge in [-0.25, -0.2) is 4.98 Å². The van der Waals surface area contributed by atoms with E-state index in [1.807, 2.05) is 32.3 Å². The van der Waals surface area contributed by atoms with E-state index >= 15 is 0 Å². The lowest BCUT2D eigenvalue weighted by Gasteiger charge is -2.14. The first-order valence-electron chi connectivity index (χ1n) is 9.05. The van der Waals surface area contributed by atoms with Gasteiger partial charge in [-0.05, 0) is 24.3 Å². The van der Waals surface area contributed by atoms with E-state index < -0.39 is 0 Å². The second-order valence-electron chi connectivity index (χ2n) is 6.71. The first-order chi connectivity index (χ1) is 13.8. The molecule has 3 aromatic rings. The third kappa shape index (κ3) is 4.48. The van der Waals surface area contributed by atoms with Crippen molar-refractivity contribution in [2.75, 3.05) is 30.9 Å². The van der Waals surface area contributed by atoms with E-state index in [0.29, 0.717) is 23.2 Å². The Kier molecular flexibility index (Phi) is 6.03. The first-order valence-corrected chi connectivity index (χ1v) is 9.43. The molecule has 8 nitrogen and oxygen atoms in total. The van der Waals surface area contributed by atoms with Gasteiger partial charge in [0.25, 0.3) is 5.56 Å². The number of fused-ring (bicyclic) bond motifs is 1. The van der Waals surface area contributed by atoms with Crippen LogP contribution in [0.1, 0.15) is 13.3 Å². The number of halogens is 1. The van der Waals surface area contributed by atoms with Crippen molar-refractivity contribution in [3.05, 3.63) is 45.8 Å². The molecule has 0 aliphatic rings. The highest BCUT2D eigenvalue weighted by atomic mass is 35.5. The molecule has 1 aromatic carbocycles. The van der Waals surface area contributed by atoms with Crippen LogP contribution in [0.4, 0.5) is 17.5 Å². The minimum atomic E-state index is -0.295. The number of ketones is 1. The number of aryl methyl sites for hydroxylation is 1. The van der Waals surface area contributed by atoms with E-state index in [2.05, 4.69) is 15.3 Å². The van der Waals surface area contributed by atoms with E-state index in [4.69, 9.17) is 16.3 Å². The molecule has 0 radical (unpaired) electrons. The number of rotatable bonds is 7. The fourth-order valence-electron chi connectivity index (χ4n) is 2.69. The minimum Gasteiger partial charge on any atom is -0.480 e. The van der Waals surface area contributed by atoms with Crippen LogP contribution in [0.25, 0.3) is 10.9 Å². The first kappa shape index (κ1) is 20.6. The molecule has 9 heteroatoms. The van der Waals surface area contributed by atoms with Crippen LogP contribution in [-0.4, -0.2) is 41.0 Å². The van der Waals surface area contributed by atoms with Crippen molar-refractivity contribution in [2.45, 2.75) is 13.3 Å². The van der Waals surface area contributed by atoms with Crippen molar-refractivity contribution in [2.24, 2.45) is 7.05 Å². The topological polar surface area (TPSA) is 89.3 Å². The second-order valence-corrected chi connectivity index (χ2v) is 7.12. The van der Waals surface area contributed by atoms with Gasteiger partial charge in [0.2, 0.25) is 5.95 Å². The Morgan fingerprint density at radius 2 is 2.07 bits per heavy atom. The lowest BCUT2D eigenvalue weighted by atomic mass is 10.2. The number of benzene rings is 1. The van der Waals surface area contributed by atoms with Crippen LogP contribution in [0, 0.1) is 0 Å². The summed E-state index contributed by atoms with van der Waals surface area (Å²) in [6, 6.07) is 7.15. The molecule has 2 aromatic heterocycles. The predicted octanol–water partition coefficient (Wildman–Crippen LogP) is 3.15. The Labute approximate surface area is 173 Å². The highest BCUT2D eigenvalue weighted by molar-refractivity contribution is 6.32. The van der Waals surface area contributed by atoms with Gasteiger partial charge in [0.1, 0.15) is 11.6 Å². The van der Waals surface area contributed by atoms with E-state index in [9.17, 15) is 9.59 Å². The lowest BCUT2D eigenvalue weighted by Crippen LogP contribution is -2.21. The number of carbonyl (C=O) groups excluding carboxylic acids is 1. The molecular weight excluding hydrogens is 394 g/mol. The van der Waals surface area contributed by atoms with Crippen LogP contribution >= 0.6 is 11.6 Å². The maximum absolute atomic E-state index is 12.5. The summed E-state index contributed by atoms with van der Waals surface area (Å²) >= 11 is 6.22. The van der Waals surface area contributed by atoms with Gasteiger partial charge in [-0.1, -0.05) is 18.5 Å². The monoisotopic (exact) mass is 415 g/mol. The van der Waals surface area contributed by atoms with E-state index in [-0.39, 0.29) is 23.7 Å². The Hall–Kier alpha value is -3.13. The number of pyridine rings is 1. The fraction of sp³-hybridized carbons (Fsp3) is 0.300. The van der Waals surface area contributed by atoms with Gasteiger partial charge >= 0.3 is 0 Å². The maximum Gasteiger partial charge on any atom is 0.293 e. The highest BCUT2D eigenvalue weighted by Gasteiger charge is 2.12. The normalized spacial score (nSPS) is 10.8. The van der Waals surface area contributed by atoms with E-state index in [0.717, 1.165) is 16.6 Å². The Morgan fingerprint density at radius 3 is 2.76 bits per heavy atom. The molecule has 3 rings (SSSR count). The SMILES string of the molecule is CCC(=O)COc1cc2cc(Nc3nc(N(C)C)ncc3Cl)ccc2n(C)c1=O. The summed E-state index contributed by atoms with van der Waals surface area (Å²) in [6.07, 6.45) is 1.89. The molecule has 29 heavy (non-hydrogen) atoms. The summed E-state index contributed by atoms with van der Waals surface area (Å²) < 4.78 is 6.94. The van der Waals surface area contributed by atoms with Gasteiger partial charge in [-0.2, -0.15) is 4.98 Å². The molecule has 1 N–H and O–H groups in total. The Balaban J connectivity index is 1.97. The van der Waals surface area contributed by atoms with E-state index in [1.54, 1.807) is 24.9 Å². The van der Waals surface area contributed by atoms with Crippen molar-refractivity contribution in [3.8, 4) is 5.75 Å². The number of ether oxygens (including phenoxy) is 1. The predicted molar refractivity (Wildman–Crippen MR) is 115 cm³/mol. The fourth-order valence-corrected chi connectivity index (χ4v) is 2.83. The van der Waals surface area contributed by atoms with Gasteiger partial charge in [0, 0.05) is 38.6 Å². The van der Waals surface area contributed by atoms with Crippen molar-refractivity contribution in [1.29, 1.82) is 0 Å². The molecule has 0 saturated carbocycles. The zero-order valence-corrected chi connectivity index (χ0v) is 17.4. The second kappa shape index (κ2) is 8.48. The molecule has 0 aliphatic heterocycles. The van der Waals surface area contributed by atoms with Crippen LogP contribution in [0.3, 0.4) is 0 Å². The molecule has 0 amide bonds. The number of Topliss-reactive ketones (excluding diaryl/α,β-unsaturated/α-hetero) is 1. The largest absolute Gasteiger partial charge is 0.480 e. The molecule has 0 atom stereocenters. The van der Waals surface area contributed by atoms with Crippen molar-refractivity contribution in [1.82, 2.24) is 14.5 Å². The zero-order valence-electron chi connectivity index (χ0n) is 16.7. The van der Waals surface area contributed by atoms with Crippen LogP contribution in [-0.2, 0) is 11.8 Å². The number of anilines is 3. The maximum atomic E-state index is 12.5. The number of carbonyl (C=O) groups is 1. The molecule has 0 spiro atoms. The average Bonchev–Trinajstić information content (AvgIpc) is 2.70. The minimum absolute atomic E-state index is 0.0716. The smallest absolute Gasteiger partial charge is 0.293 e. The highest BCUT2D eigenvalue weighted by Crippen LogP contribution is 2.27. The van der Waals surface area contributed by atoms with Crippen molar-refractivity contribution < 1.29 is 9.53 Å². The molecule has 0 aliphatic carbocycles.